The highest BCUT2D eigenvalue weighted by molar-refractivity contribution is 5.93. The molecule has 1 saturated heterocycles. The van der Waals surface area contributed by atoms with Gasteiger partial charge in [-0.05, 0) is 37.5 Å². The molecule has 136 valence electrons. The minimum atomic E-state index is -0.0568. The van der Waals surface area contributed by atoms with Gasteiger partial charge in [0.25, 0.3) is 5.91 Å². The van der Waals surface area contributed by atoms with E-state index in [0.717, 1.165) is 45.6 Å². The Kier molecular flexibility index (Phi) is 5.71. The van der Waals surface area contributed by atoms with Crippen LogP contribution in [0.4, 0.5) is 0 Å². The molecule has 1 atom stereocenters. The summed E-state index contributed by atoms with van der Waals surface area (Å²) in [7, 11) is 1.64. The van der Waals surface area contributed by atoms with Crippen LogP contribution in [0.15, 0.2) is 24.3 Å². The van der Waals surface area contributed by atoms with Crippen molar-refractivity contribution in [2.75, 3.05) is 33.2 Å². The topological polar surface area (TPSA) is 64.7 Å². The molecule has 2 amide bonds. The Bertz CT molecular complexity index is 604. The summed E-state index contributed by atoms with van der Waals surface area (Å²) in [6.45, 7) is 6.62. The quantitative estimate of drug-likeness (QED) is 0.802. The molecule has 0 bridgehead atoms. The highest BCUT2D eigenvalue weighted by atomic mass is 16.2. The maximum absolute atomic E-state index is 12.2. The van der Waals surface area contributed by atoms with Crippen LogP contribution in [0, 0.1) is 0 Å². The fraction of sp³-hybridized carbons (Fsp3) is 0.579. The van der Waals surface area contributed by atoms with Crippen molar-refractivity contribution in [1.29, 1.82) is 0 Å². The van der Waals surface area contributed by atoms with Crippen molar-refractivity contribution in [2.24, 2.45) is 0 Å². The van der Waals surface area contributed by atoms with E-state index in [4.69, 9.17) is 0 Å². The van der Waals surface area contributed by atoms with Gasteiger partial charge in [0.05, 0.1) is 6.04 Å². The van der Waals surface area contributed by atoms with E-state index in [1.807, 2.05) is 31.2 Å². The minimum absolute atomic E-state index is 0.0467. The summed E-state index contributed by atoms with van der Waals surface area (Å²) in [6.07, 6.45) is 2.26. The third-order valence-electron chi connectivity index (χ3n) is 5.11. The zero-order chi connectivity index (χ0) is 17.8. The summed E-state index contributed by atoms with van der Waals surface area (Å²) in [5.41, 5.74) is 1.90. The van der Waals surface area contributed by atoms with E-state index in [1.54, 1.807) is 7.05 Å². The molecule has 0 spiro atoms. The Labute approximate surface area is 149 Å². The predicted molar refractivity (Wildman–Crippen MR) is 97.3 cm³/mol. The van der Waals surface area contributed by atoms with E-state index in [2.05, 4.69) is 20.4 Å². The Morgan fingerprint density at radius 1 is 1.12 bits per heavy atom. The Hall–Kier alpha value is -1.92. The molecule has 3 rings (SSSR count). The summed E-state index contributed by atoms with van der Waals surface area (Å²) in [5.74, 6) is 0.111. The SMILES string of the molecule is CNC(=O)c1ccc(CN2CCN(C(C)C(=O)NC3CC3)CC2)cc1. The molecule has 1 saturated carbocycles. The second-order valence-electron chi connectivity index (χ2n) is 7.05. The van der Waals surface area contributed by atoms with E-state index in [9.17, 15) is 9.59 Å². The lowest BCUT2D eigenvalue weighted by Gasteiger charge is -2.37. The maximum Gasteiger partial charge on any atom is 0.251 e. The monoisotopic (exact) mass is 344 g/mol. The second-order valence-corrected chi connectivity index (χ2v) is 7.05. The normalized spacial score (nSPS) is 20.1. The van der Waals surface area contributed by atoms with Crippen molar-refractivity contribution in [3.05, 3.63) is 35.4 Å². The van der Waals surface area contributed by atoms with Gasteiger partial charge in [-0.25, -0.2) is 0 Å². The highest BCUT2D eigenvalue weighted by Gasteiger charge is 2.29. The Morgan fingerprint density at radius 3 is 2.32 bits per heavy atom. The molecule has 1 heterocycles. The van der Waals surface area contributed by atoms with Crippen molar-refractivity contribution in [2.45, 2.75) is 38.4 Å². The van der Waals surface area contributed by atoms with Crippen LogP contribution in [0.3, 0.4) is 0 Å². The molecule has 1 aromatic carbocycles. The van der Waals surface area contributed by atoms with Crippen LogP contribution >= 0.6 is 0 Å². The van der Waals surface area contributed by atoms with E-state index in [-0.39, 0.29) is 17.9 Å². The number of carbonyl (C=O) groups is 2. The lowest BCUT2D eigenvalue weighted by atomic mass is 10.1. The molecule has 0 radical (unpaired) electrons. The number of carbonyl (C=O) groups excluding carboxylic acids is 2. The van der Waals surface area contributed by atoms with E-state index < -0.39 is 0 Å². The molecule has 2 fully saturated rings. The number of piperazine rings is 1. The average molecular weight is 344 g/mol. The molecule has 25 heavy (non-hydrogen) atoms. The zero-order valence-corrected chi connectivity index (χ0v) is 15.1. The third kappa shape index (κ3) is 4.80. The number of benzene rings is 1. The third-order valence-corrected chi connectivity index (χ3v) is 5.11. The minimum Gasteiger partial charge on any atom is -0.355 e. The number of nitrogens with zero attached hydrogens (tertiary/aromatic N) is 2. The largest absolute Gasteiger partial charge is 0.355 e. The van der Waals surface area contributed by atoms with Crippen LogP contribution in [0.25, 0.3) is 0 Å². The molecule has 6 heteroatoms. The van der Waals surface area contributed by atoms with Crippen LogP contribution in [0.1, 0.15) is 35.7 Å². The standard InChI is InChI=1S/C19H28N4O2/c1-14(18(24)21-17-7-8-17)23-11-9-22(10-12-23)13-15-3-5-16(6-4-15)19(25)20-2/h3-6,14,17H,7-13H2,1-2H3,(H,20,25)(H,21,24). The lowest BCUT2D eigenvalue weighted by Crippen LogP contribution is -2.53. The first-order valence-electron chi connectivity index (χ1n) is 9.14. The van der Waals surface area contributed by atoms with Crippen LogP contribution in [-0.2, 0) is 11.3 Å². The summed E-state index contributed by atoms with van der Waals surface area (Å²) in [4.78, 5) is 28.4. The van der Waals surface area contributed by atoms with Crippen molar-refractivity contribution < 1.29 is 9.59 Å². The van der Waals surface area contributed by atoms with Crippen molar-refractivity contribution >= 4 is 11.8 Å². The fourth-order valence-corrected chi connectivity index (χ4v) is 3.19. The summed E-state index contributed by atoms with van der Waals surface area (Å²) >= 11 is 0. The van der Waals surface area contributed by atoms with Crippen molar-refractivity contribution in [3.8, 4) is 0 Å². The van der Waals surface area contributed by atoms with Gasteiger partial charge in [0.15, 0.2) is 0 Å². The molecule has 1 aliphatic heterocycles. The van der Waals surface area contributed by atoms with Crippen molar-refractivity contribution in [3.63, 3.8) is 0 Å². The fourth-order valence-electron chi connectivity index (χ4n) is 3.19. The molecule has 6 nitrogen and oxygen atoms in total. The van der Waals surface area contributed by atoms with Crippen LogP contribution < -0.4 is 10.6 Å². The first kappa shape index (κ1) is 17.9. The van der Waals surface area contributed by atoms with Gasteiger partial charge < -0.3 is 10.6 Å². The first-order valence-corrected chi connectivity index (χ1v) is 9.14. The van der Waals surface area contributed by atoms with Gasteiger partial charge in [-0.1, -0.05) is 12.1 Å². The summed E-state index contributed by atoms with van der Waals surface area (Å²) in [6, 6.07) is 8.15. The molecule has 1 aliphatic carbocycles. The first-order chi connectivity index (χ1) is 12.1. The Balaban J connectivity index is 1.45. The molecular weight excluding hydrogens is 316 g/mol. The van der Waals surface area contributed by atoms with Gasteiger partial charge in [0.2, 0.25) is 5.91 Å². The highest BCUT2D eigenvalue weighted by Crippen LogP contribution is 2.19. The summed E-state index contributed by atoms with van der Waals surface area (Å²) < 4.78 is 0. The molecule has 2 N–H and O–H groups in total. The number of nitrogens with one attached hydrogen (secondary N) is 2. The number of hydrogen-bond donors (Lipinski definition) is 2. The number of amides is 2. The van der Waals surface area contributed by atoms with Gasteiger partial charge in [-0.15, -0.1) is 0 Å². The summed E-state index contributed by atoms with van der Waals surface area (Å²) in [5, 5.41) is 5.73. The molecular formula is C19H28N4O2. The smallest absolute Gasteiger partial charge is 0.251 e. The van der Waals surface area contributed by atoms with Gasteiger partial charge in [-0.3, -0.25) is 19.4 Å². The molecule has 1 aromatic rings. The van der Waals surface area contributed by atoms with Gasteiger partial charge in [-0.2, -0.15) is 0 Å². The maximum atomic E-state index is 12.2. The number of rotatable bonds is 6. The van der Waals surface area contributed by atoms with Crippen LogP contribution in [-0.4, -0.2) is 66.9 Å². The molecule has 2 aliphatic rings. The molecule has 0 aromatic heterocycles. The zero-order valence-electron chi connectivity index (χ0n) is 15.1. The van der Waals surface area contributed by atoms with E-state index in [0.29, 0.717) is 11.6 Å². The van der Waals surface area contributed by atoms with E-state index >= 15 is 0 Å². The number of hydrogen-bond acceptors (Lipinski definition) is 4. The van der Waals surface area contributed by atoms with Crippen LogP contribution in [0.2, 0.25) is 0 Å². The average Bonchev–Trinajstić information content (AvgIpc) is 3.45. The van der Waals surface area contributed by atoms with E-state index in [1.165, 1.54) is 5.56 Å². The second kappa shape index (κ2) is 7.97. The predicted octanol–water partition coefficient (Wildman–Crippen LogP) is 0.831. The Morgan fingerprint density at radius 2 is 1.76 bits per heavy atom. The van der Waals surface area contributed by atoms with Crippen LogP contribution in [0.5, 0.6) is 0 Å². The van der Waals surface area contributed by atoms with Crippen molar-refractivity contribution in [1.82, 2.24) is 20.4 Å². The lowest BCUT2D eigenvalue weighted by molar-refractivity contribution is -0.126. The van der Waals surface area contributed by atoms with Gasteiger partial charge in [0.1, 0.15) is 0 Å². The van der Waals surface area contributed by atoms with Gasteiger partial charge in [0, 0.05) is 51.4 Å². The van der Waals surface area contributed by atoms with Gasteiger partial charge >= 0.3 is 0 Å². The molecule has 1 unspecified atom stereocenters.